The van der Waals surface area contributed by atoms with Gasteiger partial charge in [-0.2, -0.15) is 0 Å². The maximum Gasteiger partial charge on any atom is 0.294 e. The van der Waals surface area contributed by atoms with E-state index in [-0.39, 0.29) is 18.3 Å². The Morgan fingerprint density at radius 1 is 1.15 bits per heavy atom. The number of hydrogen-bond donors (Lipinski definition) is 1. The van der Waals surface area contributed by atoms with Crippen LogP contribution in [0.15, 0.2) is 53.3 Å². The largest absolute Gasteiger partial charge is 0.323 e. The van der Waals surface area contributed by atoms with Gasteiger partial charge in [0.2, 0.25) is 17.6 Å². The molecule has 3 aromatic rings. The number of fused-ring (bicyclic) bond motifs is 1. The van der Waals surface area contributed by atoms with E-state index in [1.54, 1.807) is 48.5 Å². The van der Waals surface area contributed by atoms with E-state index >= 15 is 0 Å². The Morgan fingerprint density at radius 3 is 2.52 bits per heavy atom. The lowest BCUT2D eigenvalue weighted by Crippen LogP contribution is -2.36. The lowest BCUT2D eigenvalue weighted by atomic mass is 10.2. The molecule has 0 atom stereocenters. The van der Waals surface area contributed by atoms with Crippen LogP contribution in [-0.4, -0.2) is 28.4 Å². The Kier molecular flexibility index (Phi) is 5.23. The number of anilines is 2. The van der Waals surface area contributed by atoms with Crippen molar-refractivity contribution in [1.82, 2.24) is 9.55 Å². The van der Waals surface area contributed by atoms with Crippen molar-refractivity contribution in [3.8, 4) is 0 Å². The Labute approximate surface area is 160 Å². The average molecular weight is 385 g/mol. The minimum atomic E-state index is -0.527. The highest BCUT2D eigenvalue weighted by Gasteiger charge is 2.18. The first-order chi connectivity index (χ1) is 12.9. The summed E-state index contributed by atoms with van der Waals surface area (Å²) in [6.45, 7) is 1.09. The molecule has 0 saturated carbocycles. The van der Waals surface area contributed by atoms with Crippen molar-refractivity contribution in [2.24, 2.45) is 0 Å². The molecule has 0 aliphatic carbocycles. The standard InChI is InChI=1S/C19H17ClN4O3/c1-12(25)23(2)18-19(27)24(16-10-6-5-9-15(16)22-18)11-17(26)21-14-8-4-3-7-13(14)20/h3-10H,11H2,1-2H3,(H,21,26). The van der Waals surface area contributed by atoms with Gasteiger partial charge in [-0.15, -0.1) is 0 Å². The average Bonchev–Trinajstić information content (AvgIpc) is 2.65. The van der Waals surface area contributed by atoms with Gasteiger partial charge in [0, 0.05) is 14.0 Å². The van der Waals surface area contributed by atoms with E-state index in [1.165, 1.54) is 18.5 Å². The molecule has 0 saturated heterocycles. The van der Waals surface area contributed by atoms with Gasteiger partial charge in [0.15, 0.2) is 0 Å². The molecule has 138 valence electrons. The number of aromatic nitrogens is 2. The molecule has 0 spiro atoms. The van der Waals surface area contributed by atoms with Crippen LogP contribution in [0.2, 0.25) is 5.02 Å². The summed E-state index contributed by atoms with van der Waals surface area (Å²) < 4.78 is 1.29. The van der Waals surface area contributed by atoms with Gasteiger partial charge in [0.1, 0.15) is 6.54 Å². The Morgan fingerprint density at radius 2 is 1.81 bits per heavy atom. The predicted molar refractivity (Wildman–Crippen MR) is 105 cm³/mol. The second kappa shape index (κ2) is 7.59. The minimum Gasteiger partial charge on any atom is -0.323 e. The third kappa shape index (κ3) is 3.83. The molecule has 8 heteroatoms. The fourth-order valence-corrected chi connectivity index (χ4v) is 2.78. The van der Waals surface area contributed by atoms with Gasteiger partial charge in [-0.25, -0.2) is 4.98 Å². The number of para-hydroxylation sites is 3. The second-order valence-electron chi connectivity index (χ2n) is 5.92. The number of carbonyl (C=O) groups excluding carboxylic acids is 2. The minimum absolute atomic E-state index is 0.0354. The lowest BCUT2D eigenvalue weighted by Gasteiger charge is -2.17. The van der Waals surface area contributed by atoms with Crippen LogP contribution in [0.5, 0.6) is 0 Å². The fraction of sp³-hybridized carbons (Fsp3) is 0.158. The van der Waals surface area contributed by atoms with Gasteiger partial charge >= 0.3 is 0 Å². The summed E-state index contributed by atoms with van der Waals surface area (Å²) in [5, 5.41) is 3.09. The third-order valence-electron chi connectivity index (χ3n) is 4.08. The van der Waals surface area contributed by atoms with Crippen LogP contribution in [0.1, 0.15) is 6.92 Å². The lowest BCUT2D eigenvalue weighted by molar-refractivity contribution is -0.117. The number of carbonyl (C=O) groups is 2. The summed E-state index contributed by atoms with van der Waals surface area (Å²) in [7, 11) is 1.47. The molecule has 2 amide bonds. The Balaban J connectivity index is 2.03. The van der Waals surface area contributed by atoms with Crippen molar-refractivity contribution >= 4 is 46.0 Å². The van der Waals surface area contributed by atoms with Gasteiger partial charge in [0.25, 0.3) is 5.56 Å². The van der Waals surface area contributed by atoms with Crippen LogP contribution in [0.4, 0.5) is 11.5 Å². The maximum atomic E-state index is 12.9. The number of nitrogens with zero attached hydrogens (tertiary/aromatic N) is 3. The normalized spacial score (nSPS) is 10.6. The van der Waals surface area contributed by atoms with Crippen molar-refractivity contribution in [2.45, 2.75) is 13.5 Å². The number of nitrogens with one attached hydrogen (secondary N) is 1. The van der Waals surface area contributed by atoms with Crippen LogP contribution in [0, 0.1) is 0 Å². The van der Waals surface area contributed by atoms with E-state index in [9.17, 15) is 14.4 Å². The molecule has 3 rings (SSSR count). The van der Waals surface area contributed by atoms with Gasteiger partial charge in [-0.3, -0.25) is 23.9 Å². The molecular formula is C19H17ClN4O3. The predicted octanol–water partition coefficient (Wildman–Crippen LogP) is 2.67. The second-order valence-corrected chi connectivity index (χ2v) is 6.33. The van der Waals surface area contributed by atoms with Gasteiger partial charge in [0.05, 0.1) is 21.7 Å². The molecule has 1 heterocycles. The summed E-state index contributed by atoms with van der Waals surface area (Å²) in [5.74, 6) is -0.785. The summed E-state index contributed by atoms with van der Waals surface area (Å²) in [6, 6.07) is 13.8. The monoisotopic (exact) mass is 384 g/mol. The number of rotatable bonds is 4. The number of amides is 2. The third-order valence-corrected chi connectivity index (χ3v) is 4.40. The van der Waals surface area contributed by atoms with E-state index in [0.29, 0.717) is 21.7 Å². The maximum absolute atomic E-state index is 12.9. The highest BCUT2D eigenvalue weighted by atomic mass is 35.5. The topological polar surface area (TPSA) is 84.3 Å². The molecule has 7 nitrogen and oxygen atoms in total. The number of benzene rings is 2. The van der Waals surface area contributed by atoms with E-state index in [2.05, 4.69) is 10.3 Å². The van der Waals surface area contributed by atoms with Gasteiger partial charge in [-0.1, -0.05) is 35.9 Å². The smallest absolute Gasteiger partial charge is 0.294 e. The van der Waals surface area contributed by atoms with Crippen molar-refractivity contribution in [3.05, 3.63) is 63.9 Å². The van der Waals surface area contributed by atoms with Crippen molar-refractivity contribution < 1.29 is 9.59 Å². The summed E-state index contributed by atoms with van der Waals surface area (Å²) in [5.41, 5.74) is 0.931. The molecular weight excluding hydrogens is 368 g/mol. The van der Waals surface area contributed by atoms with Crippen molar-refractivity contribution in [3.63, 3.8) is 0 Å². The van der Waals surface area contributed by atoms with Crippen LogP contribution in [-0.2, 0) is 16.1 Å². The Bertz CT molecular complexity index is 1090. The summed E-state index contributed by atoms with van der Waals surface area (Å²) in [6.07, 6.45) is 0. The number of hydrogen-bond acceptors (Lipinski definition) is 4. The van der Waals surface area contributed by atoms with Crippen LogP contribution >= 0.6 is 11.6 Å². The zero-order valence-corrected chi connectivity index (χ0v) is 15.5. The van der Waals surface area contributed by atoms with Crippen LogP contribution < -0.4 is 15.8 Å². The Hall–Kier alpha value is -3.19. The van der Waals surface area contributed by atoms with Crippen LogP contribution in [0.25, 0.3) is 11.0 Å². The van der Waals surface area contributed by atoms with Gasteiger partial charge < -0.3 is 5.32 Å². The van der Waals surface area contributed by atoms with E-state index in [0.717, 1.165) is 4.90 Å². The molecule has 1 N–H and O–H groups in total. The summed E-state index contributed by atoms with van der Waals surface area (Å²) >= 11 is 6.06. The molecule has 0 bridgehead atoms. The summed E-state index contributed by atoms with van der Waals surface area (Å²) in [4.78, 5) is 42.5. The first-order valence-electron chi connectivity index (χ1n) is 8.16. The fourth-order valence-electron chi connectivity index (χ4n) is 2.60. The molecule has 27 heavy (non-hydrogen) atoms. The zero-order valence-electron chi connectivity index (χ0n) is 14.8. The zero-order chi connectivity index (χ0) is 19.6. The first-order valence-corrected chi connectivity index (χ1v) is 8.54. The van der Waals surface area contributed by atoms with Crippen molar-refractivity contribution in [1.29, 1.82) is 0 Å². The SMILES string of the molecule is CC(=O)N(C)c1nc2ccccc2n(CC(=O)Nc2ccccc2Cl)c1=O. The van der Waals surface area contributed by atoms with Crippen molar-refractivity contribution in [2.75, 3.05) is 17.3 Å². The molecule has 0 aliphatic heterocycles. The molecule has 2 aromatic carbocycles. The molecule has 0 aliphatic rings. The quantitative estimate of drug-likeness (QED) is 0.749. The first kappa shape index (κ1) is 18.6. The van der Waals surface area contributed by atoms with E-state index < -0.39 is 11.5 Å². The highest BCUT2D eigenvalue weighted by Crippen LogP contribution is 2.20. The highest BCUT2D eigenvalue weighted by molar-refractivity contribution is 6.33. The molecule has 0 radical (unpaired) electrons. The van der Waals surface area contributed by atoms with E-state index in [4.69, 9.17) is 11.6 Å². The van der Waals surface area contributed by atoms with Gasteiger partial charge in [-0.05, 0) is 24.3 Å². The van der Waals surface area contributed by atoms with E-state index in [1.807, 2.05) is 0 Å². The molecule has 1 aromatic heterocycles. The molecule has 0 unspecified atom stereocenters. The molecule has 0 fully saturated rings. The van der Waals surface area contributed by atoms with Crippen LogP contribution in [0.3, 0.4) is 0 Å². The number of halogens is 1.